The highest BCUT2D eigenvalue weighted by molar-refractivity contribution is 5.81. The van der Waals surface area contributed by atoms with E-state index in [0.717, 1.165) is 50.3 Å². The van der Waals surface area contributed by atoms with Gasteiger partial charge in [0.15, 0.2) is 11.5 Å². The van der Waals surface area contributed by atoms with Crippen LogP contribution >= 0.6 is 0 Å². The lowest BCUT2D eigenvalue weighted by atomic mass is 10.1. The molecule has 0 radical (unpaired) electrons. The molecule has 23 heavy (non-hydrogen) atoms. The van der Waals surface area contributed by atoms with Crippen molar-refractivity contribution in [2.45, 2.75) is 44.8 Å². The van der Waals surface area contributed by atoms with Crippen LogP contribution in [0.5, 0.6) is 11.5 Å². The Balaban J connectivity index is 1.52. The van der Waals surface area contributed by atoms with Crippen molar-refractivity contribution in [3.05, 3.63) is 24.3 Å². The summed E-state index contributed by atoms with van der Waals surface area (Å²) in [7, 11) is 0. The van der Waals surface area contributed by atoms with Gasteiger partial charge in [0, 0.05) is 32.5 Å². The quantitative estimate of drug-likeness (QED) is 0.837. The molecule has 0 spiro atoms. The first kappa shape index (κ1) is 16.1. The van der Waals surface area contributed by atoms with Gasteiger partial charge in [-0.2, -0.15) is 0 Å². The van der Waals surface area contributed by atoms with E-state index in [-0.39, 0.29) is 18.1 Å². The molecule has 5 heteroatoms. The molecule has 126 valence electrons. The average molecular weight is 319 g/mol. The maximum atomic E-state index is 12.3. The highest BCUT2D eigenvalue weighted by Gasteiger charge is 2.31. The van der Waals surface area contributed by atoms with E-state index in [0.29, 0.717) is 13.2 Å². The van der Waals surface area contributed by atoms with E-state index in [9.17, 15) is 4.79 Å². The van der Waals surface area contributed by atoms with Gasteiger partial charge < -0.3 is 19.1 Å². The summed E-state index contributed by atoms with van der Waals surface area (Å²) in [6.07, 6.45) is 3.45. The number of amides is 1. The summed E-state index contributed by atoms with van der Waals surface area (Å²) in [5, 5.41) is 0. The van der Waals surface area contributed by atoms with E-state index in [1.807, 2.05) is 36.1 Å². The van der Waals surface area contributed by atoms with Crippen LogP contribution in [0.4, 0.5) is 0 Å². The average Bonchev–Trinajstić information content (AvgIpc) is 3.11. The monoisotopic (exact) mass is 319 g/mol. The van der Waals surface area contributed by atoms with Crippen molar-refractivity contribution in [2.24, 2.45) is 0 Å². The Kier molecular flexibility index (Phi) is 5.39. The molecule has 1 amide bonds. The van der Waals surface area contributed by atoms with E-state index < -0.39 is 0 Å². The lowest BCUT2D eigenvalue weighted by molar-refractivity contribution is -0.142. The summed E-state index contributed by atoms with van der Waals surface area (Å²) in [6, 6.07) is 7.76. The van der Waals surface area contributed by atoms with Gasteiger partial charge in [-0.15, -0.1) is 0 Å². The molecule has 5 nitrogen and oxygen atoms in total. The Hall–Kier alpha value is -1.75. The Morgan fingerprint density at radius 3 is 2.61 bits per heavy atom. The van der Waals surface area contributed by atoms with Crippen molar-refractivity contribution in [1.82, 2.24) is 4.90 Å². The van der Waals surface area contributed by atoms with Crippen molar-refractivity contribution in [3.63, 3.8) is 0 Å². The number of hydrogen-bond acceptors (Lipinski definition) is 4. The molecular formula is C18H25NO4. The van der Waals surface area contributed by atoms with Crippen LogP contribution in [0.2, 0.25) is 0 Å². The highest BCUT2D eigenvalue weighted by atomic mass is 16.5. The third-order valence-corrected chi connectivity index (χ3v) is 4.40. The maximum Gasteiger partial charge on any atom is 0.251 e. The van der Waals surface area contributed by atoms with Crippen LogP contribution in [-0.2, 0) is 9.53 Å². The summed E-state index contributed by atoms with van der Waals surface area (Å²) in [4.78, 5) is 14.3. The van der Waals surface area contributed by atoms with Crippen LogP contribution in [0.25, 0.3) is 0 Å². The zero-order valence-electron chi connectivity index (χ0n) is 13.7. The van der Waals surface area contributed by atoms with Gasteiger partial charge in [-0.05, 0) is 31.9 Å². The number of carbonyl (C=O) groups excluding carboxylic acids is 1. The van der Waals surface area contributed by atoms with Gasteiger partial charge in [0.2, 0.25) is 0 Å². The first-order valence-electron chi connectivity index (χ1n) is 8.57. The number of rotatable bonds is 5. The normalized spacial score (nSPS) is 22.1. The molecule has 0 aliphatic carbocycles. The molecule has 0 saturated carbocycles. The topological polar surface area (TPSA) is 48.0 Å². The summed E-state index contributed by atoms with van der Waals surface area (Å²) < 4.78 is 17.2. The molecule has 0 aromatic heterocycles. The standard InChI is InChI=1S/C18H25NO4/c1-2-21-15-6-3-4-7-16(15)23-14-9-11-19(12-10-14)18(20)17-8-5-13-22-17/h3-4,6-7,14,17H,2,5,8-13H2,1H3/t17-/m0/s1. The predicted octanol–water partition coefficient (Wildman–Crippen LogP) is 2.63. The fourth-order valence-corrected chi connectivity index (χ4v) is 3.17. The van der Waals surface area contributed by atoms with Crippen LogP contribution in [0.3, 0.4) is 0 Å². The van der Waals surface area contributed by atoms with Crippen molar-refractivity contribution in [1.29, 1.82) is 0 Å². The number of ether oxygens (including phenoxy) is 3. The lowest BCUT2D eigenvalue weighted by Crippen LogP contribution is -2.45. The number of para-hydroxylation sites is 2. The molecule has 2 aliphatic heterocycles. The number of piperidine rings is 1. The number of hydrogen-bond donors (Lipinski definition) is 0. The minimum atomic E-state index is -0.217. The van der Waals surface area contributed by atoms with E-state index in [1.165, 1.54) is 0 Å². The molecule has 2 saturated heterocycles. The van der Waals surface area contributed by atoms with Crippen molar-refractivity contribution in [3.8, 4) is 11.5 Å². The molecular weight excluding hydrogens is 294 g/mol. The molecule has 0 unspecified atom stereocenters. The second kappa shape index (κ2) is 7.68. The Morgan fingerprint density at radius 1 is 1.22 bits per heavy atom. The van der Waals surface area contributed by atoms with Crippen molar-refractivity contribution in [2.75, 3.05) is 26.3 Å². The second-order valence-electron chi connectivity index (χ2n) is 6.02. The van der Waals surface area contributed by atoms with Crippen LogP contribution in [0, 0.1) is 0 Å². The SMILES string of the molecule is CCOc1ccccc1OC1CCN(C(=O)[C@@H]2CCCO2)CC1. The predicted molar refractivity (Wildman–Crippen MR) is 86.8 cm³/mol. The molecule has 1 aromatic carbocycles. The first-order valence-corrected chi connectivity index (χ1v) is 8.57. The minimum Gasteiger partial charge on any atom is -0.490 e. The first-order chi connectivity index (χ1) is 11.3. The maximum absolute atomic E-state index is 12.3. The minimum absolute atomic E-state index is 0.130. The van der Waals surface area contributed by atoms with Gasteiger partial charge in [-0.3, -0.25) is 4.79 Å². The number of benzene rings is 1. The van der Waals surface area contributed by atoms with E-state index in [2.05, 4.69) is 0 Å². The summed E-state index contributed by atoms with van der Waals surface area (Å²) in [5.41, 5.74) is 0. The third kappa shape index (κ3) is 3.96. The third-order valence-electron chi connectivity index (χ3n) is 4.40. The van der Waals surface area contributed by atoms with E-state index >= 15 is 0 Å². The van der Waals surface area contributed by atoms with E-state index in [4.69, 9.17) is 14.2 Å². The van der Waals surface area contributed by atoms with Crippen LogP contribution < -0.4 is 9.47 Å². The Morgan fingerprint density at radius 2 is 1.96 bits per heavy atom. The van der Waals surface area contributed by atoms with Crippen LogP contribution in [0.15, 0.2) is 24.3 Å². The van der Waals surface area contributed by atoms with Crippen molar-refractivity contribution >= 4 is 5.91 Å². The van der Waals surface area contributed by atoms with Gasteiger partial charge in [0.25, 0.3) is 5.91 Å². The van der Waals surface area contributed by atoms with Gasteiger partial charge >= 0.3 is 0 Å². The molecule has 1 atom stereocenters. The number of likely N-dealkylation sites (tertiary alicyclic amines) is 1. The van der Waals surface area contributed by atoms with E-state index in [1.54, 1.807) is 0 Å². The molecule has 3 rings (SSSR count). The fraction of sp³-hybridized carbons (Fsp3) is 0.611. The largest absolute Gasteiger partial charge is 0.490 e. The fourth-order valence-electron chi connectivity index (χ4n) is 3.17. The lowest BCUT2D eigenvalue weighted by Gasteiger charge is -2.33. The second-order valence-corrected chi connectivity index (χ2v) is 6.02. The highest BCUT2D eigenvalue weighted by Crippen LogP contribution is 2.29. The molecule has 2 heterocycles. The molecule has 1 aromatic rings. The van der Waals surface area contributed by atoms with Gasteiger partial charge in [0.05, 0.1) is 6.61 Å². The molecule has 2 aliphatic rings. The Labute approximate surface area is 137 Å². The zero-order chi connectivity index (χ0) is 16.1. The van der Waals surface area contributed by atoms with Crippen molar-refractivity contribution < 1.29 is 19.0 Å². The molecule has 2 fully saturated rings. The number of carbonyl (C=O) groups is 1. The summed E-state index contributed by atoms with van der Waals surface area (Å²) in [6.45, 7) is 4.77. The molecule has 0 N–H and O–H groups in total. The van der Waals surface area contributed by atoms with Crippen LogP contribution in [0.1, 0.15) is 32.6 Å². The zero-order valence-corrected chi connectivity index (χ0v) is 13.7. The Bertz CT molecular complexity index is 520. The van der Waals surface area contributed by atoms with Gasteiger partial charge in [-0.25, -0.2) is 0 Å². The van der Waals surface area contributed by atoms with Gasteiger partial charge in [-0.1, -0.05) is 12.1 Å². The van der Waals surface area contributed by atoms with Gasteiger partial charge in [0.1, 0.15) is 12.2 Å². The molecule has 0 bridgehead atoms. The number of nitrogens with zero attached hydrogens (tertiary/aromatic N) is 1. The summed E-state index contributed by atoms with van der Waals surface area (Å²) >= 11 is 0. The van der Waals surface area contributed by atoms with Crippen LogP contribution in [-0.4, -0.2) is 49.3 Å². The smallest absolute Gasteiger partial charge is 0.251 e. The summed E-state index contributed by atoms with van der Waals surface area (Å²) in [5.74, 6) is 1.72.